The number of nitrogens with one attached hydrogen (secondary N) is 2. The van der Waals surface area contributed by atoms with Crippen molar-refractivity contribution in [1.82, 2.24) is 10.6 Å². The summed E-state index contributed by atoms with van der Waals surface area (Å²) in [5.41, 5.74) is 3.88. The van der Waals surface area contributed by atoms with Crippen LogP contribution in [0.5, 0.6) is 0 Å². The van der Waals surface area contributed by atoms with E-state index in [1.165, 1.54) is 11.1 Å². The zero-order chi connectivity index (χ0) is 24.3. The summed E-state index contributed by atoms with van der Waals surface area (Å²) >= 11 is 0. The van der Waals surface area contributed by atoms with Crippen molar-refractivity contribution in [3.63, 3.8) is 0 Å². The normalized spacial score (nSPS) is 17.8. The largest absolute Gasteiger partial charge is 0.481 e. The van der Waals surface area contributed by atoms with Gasteiger partial charge < -0.3 is 20.5 Å². The predicted octanol–water partition coefficient (Wildman–Crippen LogP) is 4.31. The monoisotopic (exact) mass is 464 g/mol. The van der Waals surface area contributed by atoms with E-state index in [9.17, 15) is 19.5 Å². The van der Waals surface area contributed by atoms with Crippen molar-refractivity contribution in [3.05, 3.63) is 59.7 Å². The fourth-order valence-electron chi connectivity index (χ4n) is 5.13. The van der Waals surface area contributed by atoms with E-state index in [0.717, 1.165) is 24.0 Å². The highest BCUT2D eigenvalue weighted by atomic mass is 16.5. The molecule has 0 aromatic heterocycles. The first kappa shape index (κ1) is 23.8. The summed E-state index contributed by atoms with van der Waals surface area (Å²) in [4.78, 5) is 36.9. The van der Waals surface area contributed by atoms with Crippen molar-refractivity contribution in [2.45, 2.75) is 51.5 Å². The molecule has 2 atom stereocenters. The molecule has 0 spiro atoms. The van der Waals surface area contributed by atoms with Crippen molar-refractivity contribution in [3.8, 4) is 11.1 Å². The van der Waals surface area contributed by atoms with E-state index in [0.29, 0.717) is 12.8 Å². The second kappa shape index (κ2) is 9.87. The Morgan fingerprint density at radius 3 is 2.12 bits per heavy atom. The Morgan fingerprint density at radius 2 is 1.56 bits per heavy atom. The Bertz CT molecular complexity index is 1030. The van der Waals surface area contributed by atoms with Crippen molar-refractivity contribution < 1.29 is 24.2 Å². The Labute approximate surface area is 199 Å². The van der Waals surface area contributed by atoms with Gasteiger partial charge in [-0.15, -0.1) is 0 Å². The number of amides is 2. The van der Waals surface area contributed by atoms with Crippen molar-refractivity contribution in [2.75, 3.05) is 13.2 Å². The van der Waals surface area contributed by atoms with Gasteiger partial charge >= 0.3 is 12.1 Å². The molecule has 0 radical (unpaired) electrons. The first-order valence-electron chi connectivity index (χ1n) is 11.9. The van der Waals surface area contributed by atoms with Crippen LogP contribution in [0.1, 0.15) is 56.6 Å². The van der Waals surface area contributed by atoms with Gasteiger partial charge in [0, 0.05) is 18.5 Å². The fraction of sp³-hybridized carbons (Fsp3) is 0.444. The second-order valence-electron chi connectivity index (χ2n) is 9.56. The van der Waals surface area contributed by atoms with Crippen LogP contribution < -0.4 is 10.6 Å². The van der Waals surface area contributed by atoms with Gasteiger partial charge in [0.1, 0.15) is 6.61 Å². The number of hydrogen-bond acceptors (Lipinski definition) is 4. The fourth-order valence-corrected chi connectivity index (χ4v) is 5.13. The summed E-state index contributed by atoms with van der Waals surface area (Å²) < 4.78 is 5.62. The van der Waals surface area contributed by atoms with Gasteiger partial charge in [-0.25, -0.2) is 4.79 Å². The Balaban J connectivity index is 1.37. The number of rotatable bonds is 8. The molecule has 0 aliphatic heterocycles. The number of hydrogen-bond donors (Lipinski definition) is 3. The topological polar surface area (TPSA) is 105 Å². The number of aliphatic carboxylic acids is 1. The second-order valence-corrected chi connectivity index (χ2v) is 9.56. The number of carboxylic acids is 1. The van der Waals surface area contributed by atoms with Gasteiger partial charge in [-0.3, -0.25) is 9.59 Å². The van der Waals surface area contributed by atoms with E-state index in [-0.39, 0.29) is 25.0 Å². The first-order valence-corrected chi connectivity index (χ1v) is 11.9. The molecular weight excluding hydrogens is 432 g/mol. The van der Waals surface area contributed by atoms with Gasteiger partial charge in [-0.1, -0.05) is 61.4 Å². The zero-order valence-corrected chi connectivity index (χ0v) is 19.7. The van der Waals surface area contributed by atoms with Gasteiger partial charge in [-0.05, 0) is 48.9 Å². The van der Waals surface area contributed by atoms with Crippen molar-refractivity contribution >= 4 is 18.0 Å². The molecule has 2 unspecified atom stereocenters. The minimum absolute atomic E-state index is 0.0276. The highest BCUT2D eigenvalue weighted by Crippen LogP contribution is 2.44. The minimum atomic E-state index is -0.954. The van der Waals surface area contributed by atoms with Crippen LogP contribution in [0, 0.1) is 11.3 Å². The molecular formula is C27H32N2O5. The summed E-state index contributed by atoms with van der Waals surface area (Å²) in [6.45, 7) is 3.65. The third-order valence-corrected chi connectivity index (χ3v) is 7.46. The number of carbonyl (C=O) groups excluding carboxylic acids is 2. The molecule has 0 bridgehead atoms. The predicted molar refractivity (Wildman–Crippen MR) is 128 cm³/mol. The molecule has 3 N–H and O–H groups in total. The van der Waals surface area contributed by atoms with E-state index in [2.05, 4.69) is 34.9 Å². The lowest BCUT2D eigenvalue weighted by Crippen LogP contribution is -2.51. The molecule has 2 aliphatic rings. The maximum Gasteiger partial charge on any atom is 0.407 e. The summed E-state index contributed by atoms with van der Waals surface area (Å²) in [7, 11) is 0. The third kappa shape index (κ3) is 4.65. The summed E-state index contributed by atoms with van der Waals surface area (Å²) in [5, 5.41) is 14.9. The smallest absolute Gasteiger partial charge is 0.407 e. The Kier molecular flexibility index (Phi) is 6.91. The molecule has 2 aromatic carbocycles. The molecule has 2 aromatic rings. The van der Waals surface area contributed by atoms with Crippen LogP contribution in [-0.2, 0) is 14.3 Å². The van der Waals surface area contributed by atoms with Crippen molar-refractivity contribution in [2.24, 2.45) is 11.3 Å². The number of fused-ring (bicyclic) bond motifs is 3. The van der Waals surface area contributed by atoms with E-state index in [1.54, 1.807) is 13.8 Å². The lowest BCUT2D eigenvalue weighted by Gasteiger charge is -2.30. The van der Waals surface area contributed by atoms with Crippen LogP contribution in [0.2, 0.25) is 0 Å². The average molecular weight is 465 g/mol. The number of carboxylic acid groups (broad SMARTS) is 1. The van der Waals surface area contributed by atoms with Gasteiger partial charge in [0.2, 0.25) is 5.91 Å². The van der Waals surface area contributed by atoms with Gasteiger partial charge in [0.25, 0.3) is 0 Å². The van der Waals surface area contributed by atoms with Crippen LogP contribution in [0.3, 0.4) is 0 Å². The van der Waals surface area contributed by atoms with E-state index < -0.39 is 29.4 Å². The SMILES string of the molecule is CC(NC(=O)C1(CNC(=O)OCC2c3ccccc3-c3ccccc32)CCCC1)C(C)C(=O)O. The highest BCUT2D eigenvalue weighted by molar-refractivity contribution is 5.85. The Hall–Kier alpha value is -3.35. The number of carbonyl (C=O) groups is 3. The van der Waals surface area contributed by atoms with E-state index >= 15 is 0 Å². The third-order valence-electron chi connectivity index (χ3n) is 7.46. The molecule has 2 amide bonds. The van der Waals surface area contributed by atoms with Crippen LogP contribution in [0.25, 0.3) is 11.1 Å². The van der Waals surface area contributed by atoms with Gasteiger partial charge in [-0.2, -0.15) is 0 Å². The van der Waals surface area contributed by atoms with Crippen LogP contribution in [0.15, 0.2) is 48.5 Å². The maximum absolute atomic E-state index is 13.1. The Morgan fingerprint density at radius 1 is 1.00 bits per heavy atom. The number of ether oxygens (including phenoxy) is 1. The average Bonchev–Trinajstić information content (AvgIpc) is 3.45. The molecule has 2 aliphatic carbocycles. The lowest BCUT2D eigenvalue weighted by atomic mass is 9.84. The zero-order valence-electron chi connectivity index (χ0n) is 19.7. The van der Waals surface area contributed by atoms with Crippen LogP contribution in [-0.4, -0.2) is 42.3 Å². The maximum atomic E-state index is 13.1. The van der Waals surface area contributed by atoms with Crippen LogP contribution in [0.4, 0.5) is 4.79 Å². The molecule has 0 saturated heterocycles. The first-order chi connectivity index (χ1) is 16.3. The minimum Gasteiger partial charge on any atom is -0.481 e. The standard InChI is InChI=1S/C27H32N2O5/c1-17(24(30)31)18(2)29-25(32)27(13-7-8-14-27)16-28-26(33)34-15-23-21-11-5-3-9-19(21)20-10-4-6-12-22(20)23/h3-6,9-12,17-18,23H,7-8,13-16H2,1-2H3,(H,28,33)(H,29,32)(H,30,31). The molecule has 1 fully saturated rings. The molecule has 7 nitrogen and oxygen atoms in total. The summed E-state index contributed by atoms with van der Waals surface area (Å²) in [6.07, 6.45) is 2.53. The molecule has 4 rings (SSSR count). The van der Waals surface area contributed by atoms with Gasteiger partial charge in [0.15, 0.2) is 0 Å². The number of benzene rings is 2. The lowest BCUT2D eigenvalue weighted by molar-refractivity contribution is -0.142. The van der Waals surface area contributed by atoms with Gasteiger partial charge in [0.05, 0.1) is 11.3 Å². The quantitative estimate of drug-likeness (QED) is 0.540. The molecule has 7 heteroatoms. The van der Waals surface area contributed by atoms with E-state index in [1.807, 2.05) is 24.3 Å². The molecule has 180 valence electrons. The molecule has 0 heterocycles. The number of alkyl carbamates (subject to hydrolysis) is 1. The molecule has 34 heavy (non-hydrogen) atoms. The molecule has 1 saturated carbocycles. The van der Waals surface area contributed by atoms with Crippen molar-refractivity contribution in [1.29, 1.82) is 0 Å². The van der Waals surface area contributed by atoms with E-state index in [4.69, 9.17) is 4.74 Å². The van der Waals surface area contributed by atoms with Crippen LogP contribution >= 0.6 is 0 Å². The summed E-state index contributed by atoms with van der Waals surface area (Å²) in [6, 6.07) is 15.8. The summed E-state index contributed by atoms with van der Waals surface area (Å²) in [5.74, 6) is -1.88. The highest BCUT2D eigenvalue weighted by Gasteiger charge is 2.42.